The Bertz CT molecular complexity index is 399. The molecule has 66 valence electrons. The first kappa shape index (κ1) is 8.82. The van der Waals surface area contributed by atoms with E-state index in [1.54, 1.807) is 0 Å². The van der Waals surface area contributed by atoms with Gasteiger partial charge < -0.3 is 10.8 Å². The summed E-state index contributed by atoms with van der Waals surface area (Å²) in [5.74, 6) is -0.187. The molecule has 1 aromatic rings. The number of rotatable bonds is 1. The van der Waals surface area contributed by atoms with Crippen LogP contribution in [0.2, 0.25) is 0 Å². The molecule has 0 radical (unpaired) electrons. The number of hydrogen-bond donors (Lipinski definition) is 3. The lowest BCUT2D eigenvalue weighted by Crippen LogP contribution is -2.14. The molecule has 0 bridgehead atoms. The van der Waals surface area contributed by atoms with Crippen molar-refractivity contribution in [3.05, 3.63) is 18.2 Å². The molecular formula is C6H8N2O3S. The number of phenols is 1. The van der Waals surface area contributed by atoms with E-state index in [1.807, 2.05) is 0 Å². The van der Waals surface area contributed by atoms with E-state index in [0.717, 1.165) is 6.07 Å². The maximum atomic E-state index is 10.8. The summed E-state index contributed by atoms with van der Waals surface area (Å²) in [6.45, 7) is 0. The van der Waals surface area contributed by atoms with Crippen LogP contribution >= 0.6 is 0 Å². The first-order valence-electron chi connectivity index (χ1n) is 3.02. The van der Waals surface area contributed by atoms with E-state index in [4.69, 9.17) is 16.0 Å². The van der Waals surface area contributed by atoms with E-state index in [2.05, 4.69) is 0 Å². The van der Waals surface area contributed by atoms with Gasteiger partial charge >= 0.3 is 0 Å². The van der Waals surface area contributed by atoms with Crippen LogP contribution in [-0.4, -0.2) is 13.5 Å². The van der Waals surface area contributed by atoms with E-state index in [-0.39, 0.29) is 16.3 Å². The molecule has 0 saturated heterocycles. The topological polar surface area (TPSA) is 106 Å². The molecule has 1 aromatic carbocycles. The molecule has 0 atom stereocenters. The zero-order chi connectivity index (χ0) is 9.35. The monoisotopic (exact) mass is 188 g/mol. The van der Waals surface area contributed by atoms with Crippen LogP contribution < -0.4 is 10.9 Å². The molecule has 0 fully saturated rings. The normalized spacial score (nSPS) is 11.4. The number of nitrogen functional groups attached to an aromatic ring is 1. The lowest BCUT2D eigenvalue weighted by molar-refractivity contribution is 0.473. The molecule has 0 unspecified atom stereocenters. The molecule has 0 aromatic heterocycles. The van der Waals surface area contributed by atoms with Gasteiger partial charge in [-0.3, -0.25) is 0 Å². The third-order valence-electron chi connectivity index (χ3n) is 1.30. The first-order chi connectivity index (χ1) is 5.41. The fraction of sp³-hybridized carbons (Fsp3) is 0. The molecule has 0 spiro atoms. The van der Waals surface area contributed by atoms with E-state index < -0.39 is 10.0 Å². The van der Waals surface area contributed by atoms with Crippen molar-refractivity contribution in [2.45, 2.75) is 4.90 Å². The third-order valence-corrected chi connectivity index (χ3v) is 2.27. The van der Waals surface area contributed by atoms with Crippen LogP contribution in [0.4, 0.5) is 5.69 Å². The van der Waals surface area contributed by atoms with Gasteiger partial charge in [0.2, 0.25) is 10.0 Å². The highest BCUT2D eigenvalue weighted by Crippen LogP contribution is 2.21. The average Bonchev–Trinajstić information content (AvgIpc) is 1.92. The Morgan fingerprint density at radius 2 is 1.92 bits per heavy atom. The predicted molar refractivity (Wildman–Crippen MR) is 43.9 cm³/mol. The number of anilines is 1. The van der Waals surface area contributed by atoms with Gasteiger partial charge in [-0.2, -0.15) is 0 Å². The van der Waals surface area contributed by atoms with Gasteiger partial charge in [-0.1, -0.05) is 0 Å². The number of phenolic OH excluding ortho intramolecular Hbond substituents is 1. The Labute approximate surface area is 69.7 Å². The van der Waals surface area contributed by atoms with Gasteiger partial charge in [0.1, 0.15) is 10.6 Å². The molecule has 1 rings (SSSR count). The van der Waals surface area contributed by atoms with Crippen LogP contribution in [0, 0.1) is 0 Å². The number of sulfonamides is 1. The van der Waals surface area contributed by atoms with Gasteiger partial charge in [-0.25, -0.2) is 13.6 Å². The van der Waals surface area contributed by atoms with Crippen molar-refractivity contribution in [1.29, 1.82) is 0 Å². The molecular weight excluding hydrogens is 180 g/mol. The van der Waals surface area contributed by atoms with Gasteiger partial charge in [0.05, 0.1) is 5.69 Å². The van der Waals surface area contributed by atoms with Crippen LogP contribution in [0.25, 0.3) is 0 Å². The summed E-state index contributed by atoms with van der Waals surface area (Å²) in [6.07, 6.45) is 0. The van der Waals surface area contributed by atoms with E-state index in [1.165, 1.54) is 12.1 Å². The zero-order valence-electron chi connectivity index (χ0n) is 6.06. The zero-order valence-corrected chi connectivity index (χ0v) is 6.88. The quantitative estimate of drug-likeness (QED) is 0.412. The molecule has 0 saturated carbocycles. The Balaban J connectivity index is 3.43. The highest BCUT2D eigenvalue weighted by atomic mass is 32.2. The van der Waals surface area contributed by atoms with Crippen LogP contribution in [0.1, 0.15) is 0 Å². The first-order valence-corrected chi connectivity index (χ1v) is 4.57. The van der Waals surface area contributed by atoms with Gasteiger partial charge in [0, 0.05) is 6.07 Å². The minimum atomic E-state index is -3.84. The number of aromatic hydroxyl groups is 1. The second-order valence-electron chi connectivity index (χ2n) is 2.27. The van der Waals surface area contributed by atoms with Crippen molar-refractivity contribution in [3.63, 3.8) is 0 Å². The molecule has 12 heavy (non-hydrogen) atoms. The minimum absolute atomic E-state index is 0.0234. The number of benzene rings is 1. The largest absolute Gasteiger partial charge is 0.508 e. The van der Waals surface area contributed by atoms with Crippen LogP contribution in [0.15, 0.2) is 23.1 Å². The third kappa shape index (κ3) is 1.66. The lowest BCUT2D eigenvalue weighted by Gasteiger charge is -2.02. The highest BCUT2D eigenvalue weighted by molar-refractivity contribution is 7.89. The van der Waals surface area contributed by atoms with Gasteiger partial charge in [-0.05, 0) is 12.1 Å². The number of hydrogen-bond acceptors (Lipinski definition) is 4. The van der Waals surface area contributed by atoms with Crippen molar-refractivity contribution >= 4 is 15.7 Å². The summed E-state index contributed by atoms with van der Waals surface area (Å²) in [7, 11) is -3.84. The van der Waals surface area contributed by atoms with Crippen molar-refractivity contribution in [2.75, 3.05) is 5.73 Å². The molecule has 0 aliphatic heterocycles. The van der Waals surface area contributed by atoms with E-state index in [0.29, 0.717) is 0 Å². The van der Waals surface area contributed by atoms with Crippen molar-refractivity contribution in [2.24, 2.45) is 5.14 Å². The second-order valence-corrected chi connectivity index (χ2v) is 3.80. The van der Waals surface area contributed by atoms with Crippen LogP contribution in [0.3, 0.4) is 0 Å². The second kappa shape index (κ2) is 2.65. The summed E-state index contributed by atoms with van der Waals surface area (Å²) in [5, 5.41) is 13.7. The maximum Gasteiger partial charge on any atom is 0.240 e. The van der Waals surface area contributed by atoms with Gasteiger partial charge in [-0.15, -0.1) is 0 Å². The summed E-state index contributed by atoms with van der Waals surface area (Å²) in [4.78, 5) is -0.262. The lowest BCUT2D eigenvalue weighted by atomic mass is 10.3. The fourth-order valence-corrected chi connectivity index (χ4v) is 1.45. The predicted octanol–water partition coefficient (Wildman–Crippen LogP) is -0.378. The molecule has 6 heteroatoms. The standard InChI is InChI=1S/C6H8N2O3S/c7-5-2-1-4(9)3-6(5)12(8,10)11/h1-3,9H,7H2,(H2,8,10,11). The Kier molecular flexibility index (Phi) is 1.95. The molecule has 5 N–H and O–H groups in total. The number of primary sulfonamides is 1. The number of nitrogens with two attached hydrogens (primary N) is 2. The Morgan fingerprint density at radius 1 is 1.33 bits per heavy atom. The van der Waals surface area contributed by atoms with Crippen molar-refractivity contribution < 1.29 is 13.5 Å². The van der Waals surface area contributed by atoms with Crippen molar-refractivity contribution in [3.8, 4) is 5.75 Å². The van der Waals surface area contributed by atoms with E-state index in [9.17, 15) is 8.42 Å². The Hall–Kier alpha value is -1.27. The van der Waals surface area contributed by atoms with Crippen LogP contribution in [-0.2, 0) is 10.0 Å². The van der Waals surface area contributed by atoms with Gasteiger partial charge in [0.25, 0.3) is 0 Å². The molecule has 0 aliphatic carbocycles. The van der Waals surface area contributed by atoms with Gasteiger partial charge in [0.15, 0.2) is 0 Å². The fourth-order valence-electron chi connectivity index (χ4n) is 0.769. The maximum absolute atomic E-state index is 10.8. The van der Waals surface area contributed by atoms with Crippen LogP contribution in [0.5, 0.6) is 5.75 Å². The minimum Gasteiger partial charge on any atom is -0.508 e. The average molecular weight is 188 g/mol. The SMILES string of the molecule is Nc1ccc(O)cc1S(N)(=O)=O. The highest BCUT2D eigenvalue weighted by Gasteiger charge is 2.12. The summed E-state index contributed by atoms with van der Waals surface area (Å²) in [5.41, 5.74) is 5.33. The molecule has 0 heterocycles. The summed E-state index contributed by atoms with van der Waals surface area (Å²) >= 11 is 0. The molecule has 5 nitrogen and oxygen atoms in total. The summed E-state index contributed by atoms with van der Waals surface area (Å²) < 4.78 is 21.6. The van der Waals surface area contributed by atoms with E-state index >= 15 is 0 Å². The van der Waals surface area contributed by atoms with Crippen molar-refractivity contribution in [1.82, 2.24) is 0 Å². The molecule has 0 amide bonds. The smallest absolute Gasteiger partial charge is 0.240 e. The Morgan fingerprint density at radius 3 is 2.33 bits per heavy atom. The molecule has 0 aliphatic rings. The summed E-state index contributed by atoms with van der Waals surface area (Å²) in [6, 6.07) is 3.56.